The molecule has 2 unspecified atom stereocenters. The van der Waals surface area contributed by atoms with E-state index >= 15 is 9.18 Å². The number of rotatable bonds is 9. The second kappa shape index (κ2) is 14.2. The molecule has 7 aromatic rings. The lowest BCUT2D eigenvalue weighted by atomic mass is 9.91. The van der Waals surface area contributed by atoms with Crippen LogP contribution in [0.3, 0.4) is 0 Å². The van der Waals surface area contributed by atoms with Crippen molar-refractivity contribution < 1.29 is 26.9 Å². The van der Waals surface area contributed by atoms with Crippen LogP contribution in [0.1, 0.15) is 89.2 Å². The fourth-order valence-corrected chi connectivity index (χ4v) is 11.1. The molecule has 4 aliphatic rings. The molecule has 1 spiro atoms. The third-order valence-electron chi connectivity index (χ3n) is 13.8. The van der Waals surface area contributed by atoms with Gasteiger partial charge in [-0.05, 0) is 129 Å². The monoisotopic (exact) mass is 887 g/mol. The number of benzene rings is 3. The molecule has 1 amide bonds. The summed E-state index contributed by atoms with van der Waals surface area (Å²) in [6.45, 7) is 7.20. The molecule has 18 heteroatoms. The van der Waals surface area contributed by atoms with Gasteiger partial charge in [0, 0.05) is 60.7 Å². The fourth-order valence-electron chi connectivity index (χ4n) is 10.5. The van der Waals surface area contributed by atoms with E-state index in [4.69, 9.17) is 14.4 Å². The van der Waals surface area contributed by atoms with Crippen molar-refractivity contribution in [3.05, 3.63) is 139 Å². The number of hydrogen-bond donors (Lipinski definition) is 2. The summed E-state index contributed by atoms with van der Waals surface area (Å²) >= 11 is 0. The Morgan fingerprint density at radius 2 is 1.66 bits per heavy atom. The Kier molecular flexibility index (Phi) is 8.96. The van der Waals surface area contributed by atoms with Crippen molar-refractivity contribution in [1.29, 1.82) is 0 Å². The summed E-state index contributed by atoms with van der Waals surface area (Å²) in [5.41, 5.74) is 4.14. The van der Waals surface area contributed by atoms with Gasteiger partial charge in [-0.15, -0.1) is 0 Å². The van der Waals surface area contributed by atoms with Crippen molar-refractivity contribution in [2.75, 3.05) is 30.7 Å². The van der Waals surface area contributed by atoms with Gasteiger partial charge in [-0.25, -0.2) is 27.1 Å². The van der Waals surface area contributed by atoms with Crippen LogP contribution in [0.4, 0.5) is 10.1 Å². The number of aromatic nitrogens is 7. The maximum atomic E-state index is 15.7. The van der Waals surface area contributed by atoms with Crippen LogP contribution < -0.4 is 16.2 Å². The minimum atomic E-state index is -3.51. The number of carbonyl (C=O) groups excluding carboxylic acids is 1. The lowest BCUT2D eigenvalue weighted by Crippen LogP contribution is -2.47. The SMILES string of the molecule is Cc1cc(-n2nc3c(c2-n2ccn(-c4ccc(NS(C)(=O)=O)cc4)c2=O)C2(CC2)N(C(=O)c2cc4cc(C5CCOCC5)ccc4n2C2(c4noc(=O)[nH]4)CC2C)CC3)cc(C)c1F. The van der Waals surface area contributed by atoms with Gasteiger partial charge in [-0.2, -0.15) is 5.10 Å². The molecule has 1 saturated heterocycles. The molecule has 6 heterocycles. The fraction of sp³-hybridized carbons (Fsp3) is 0.370. The van der Waals surface area contributed by atoms with Gasteiger partial charge in [-0.1, -0.05) is 18.1 Å². The Morgan fingerprint density at radius 1 is 0.953 bits per heavy atom. The highest BCUT2D eigenvalue weighted by atomic mass is 32.2. The third kappa shape index (κ3) is 6.23. The van der Waals surface area contributed by atoms with E-state index in [0.717, 1.165) is 41.3 Å². The molecule has 64 heavy (non-hydrogen) atoms. The van der Waals surface area contributed by atoms with E-state index in [-0.39, 0.29) is 17.6 Å². The first-order valence-electron chi connectivity index (χ1n) is 21.6. The number of nitrogens with zero attached hydrogens (tertiary/aromatic N) is 7. The quantitative estimate of drug-likeness (QED) is 0.177. The van der Waals surface area contributed by atoms with Crippen LogP contribution in [-0.4, -0.2) is 78.9 Å². The molecule has 2 aliphatic carbocycles. The number of H-pyrrole nitrogens is 1. The molecule has 0 radical (unpaired) electrons. The normalized spacial score (nSPS) is 20.5. The number of sulfonamides is 1. The van der Waals surface area contributed by atoms with Crippen LogP contribution in [0.2, 0.25) is 0 Å². The Balaban J connectivity index is 1.06. The largest absolute Gasteiger partial charge is 0.438 e. The summed E-state index contributed by atoms with van der Waals surface area (Å²) in [4.78, 5) is 47.5. The number of amides is 1. The van der Waals surface area contributed by atoms with E-state index in [1.54, 1.807) is 67.3 Å². The van der Waals surface area contributed by atoms with Crippen LogP contribution >= 0.6 is 0 Å². The van der Waals surface area contributed by atoms with E-state index in [9.17, 15) is 18.0 Å². The molecule has 2 N–H and O–H groups in total. The zero-order chi connectivity index (χ0) is 44.4. The van der Waals surface area contributed by atoms with Gasteiger partial charge in [0.25, 0.3) is 5.91 Å². The van der Waals surface area contributed by atoms with Crippen molar-refractivity contribution in [2.45, 2.75) is 76.3 Å². The first-order valence-corrected chi connectivity index (χ1v) is 23.5. The Hall–Kier alpha value is -6.53. The number of fused-ring (bicyclic) bond motifs is 3. The summed E-state index contributed by atoms with van der Waals surface area (Å²) in [6.07, 6.45) is 8.41. The number of imidazole rings is 1. The second-order valence-electron chi connectivity index (χ2n) is 18.0. The average Bonchev–Trinajstić information content (AvgIpc) is 3.84. The van der Waals surface area contributed by atoms with Crippen molar-refractivity contribution >= 4 is 32.5 Å². The Morgan fingerprint density at radius 3 is 2.30 bits per heavy atom. The van der Waals surface area contributed by atoms with Crippen LogP contribution in [0.25, 0.3) is 28.1 Å². The van der Waals surface area contributed by atoms with Crippen molar-refractivity contribution in [2.24, 2.45) is 5.92 Å². The van der Waals surface area contributed by atoms with Gasteiger partial charge < -0.3 is 14.2 Å². The zero-order valence-corrected chi connectivity index (χ0v) is 36.5. The minimum absolute atomic E-state index is 0.0175. The number of carbonyl (C=O) groups is 1. The summed E-state index contributed by atoms with van der Waals surface area (Å²) < 4.78 is 58.8. The first-order chi connectivity index (χ1) is 30.7. The highest BCUT2D eigenvalue weighted by Crippen LogP contribution is 2.59. The molecule has 3 aromatic carbocycles. The highest BCUT2D eigenvalue weighted by Gasteiger charge is 2.61. The Bertz CT molecular complexity index is 3270. The molecule has 330 valence electrons. The molecule has 16 nitrogen and oxygen atoms in total. The van der Waals surface area contributed by atoms with Crippen molar-refractivity contribution in [3.8, 4) is 17.2 Å². The number of nitrogens with one attached hydrogen (secondary N) is 2. The minimum Gasteiger partial charge on any atom is -0.381 e. The zero-order valence-electron chi connectivity index (χ0n) is 35.7. The van der Waals surface area contributed by atoms with Crippen LogP contribution in [0, 0.1) is 25.6 Å². The molecule has 2 saturated carbocycles. The molecule has 2 atom stereocenters. The van der Waals surface area contributed by atoms with Crippen LogP contribution in [0.5, 0.6) is 0 Å². The predicted molar refractivity (Wildman–Crippen MR) is 235 cm³/mol. The van der Waals surface area contributed by atoms with Gasteiger partial charge in [0.15, 0.2) is 11.6 Å². The highest BCUT2D eigenvalue weighted by molar-refractivity contribution is 7.92. The number of ether oxygens (including phenoxy) is 1. The van der Waals surface area contributed by atoms with E-state index in [0.29, 0.717) is 96.9 Å². The second-order valence-corrected chi connectivity index (χ2v) is 19.7. The van der Waals surface area contributed by atoms with Crippen LogP contribution in [-0.2, 0) is 32.3 Å². The average molecular weight is 888 g/mol. The summed E-state index contributed by atoms with van der Waals surface area (Å²) in [6, 6.07) is 18.2. The summed E-state index contributed by atoms with van der Waals surface area (Å²) in [5, 5.41) is 10.2. The lowest BCUT2D eigenvalue weighted by Gasteiger charge is -2.37. The van der Waals surface area contributed by atoms with Crippen LogP contribution in [0.15, 0.2) is 87.2 Å². The standard InChI is InChI=1S/C46H46FN9O7S/c1-26-21-34(22-27(2)39(26)47)56-40(53-18-17-52(44(53)59)33-8-6-32(7-9-33)51-64(4,60)61)38-35(49-56)11-16-54(45(38)14-15-45)41(57)37-24-31-23-30(29-12-19-62-20-13-29)5-10-36(31)55(37)46(25-28(46)3)42-48-43(58)63-50-42/h5-10,17-18,21-24,28-29,51H,11-16,19-20,25H2,1-4H3,(H,48,50,58). The number of halogens is 1. The smallest absolute Gasteiger partial charge is 0.381 e. The topological polar surface area (TPSA) is 184 Å². The number of aromatic amines is 1. The van der Waals surface area contributed by atoms with Gasteiger partial charge in [-0.3, -0.25) is 28.2 Å². The molecule has 0 bridgehead atoms. The maximum Gasteiger partial charge on any atom is 0.438 e. The number of anilines is 1. The van der Waals surface area contributed by atoms with Crippen molar-refractivity contribution in [3.63, 3.8) is 0 Å². The van der Waals surface area contributed by atoms with E-state index in [2.05, 4.69) is 44.6 Å². The lowest BCUT2D eigenvalue weighted by molar-refractivity contribution is 0.0612. The third-order valence-corrected chi connectivity index (χ3v) is 14.4. The predicted octanol–water partition coefficient (Wildman–Crippen LogP) is 5.94. The van der Waals surface area contributed by atoms with Crippen molar-refractivity contribution in [1.82, 2.24) is 38.5 Å². The van der Waals surface area contributed by atoms with E-state index in [1.807, 2.05) is 11.0 Å². The van der Waals surface area contributed by atoms with Gasteiger partial charge in [0.1, 0.15) is 17.1 Å². The summed E-state index contributed by atoms with van der Waals surface area (Å²) in [7, 11) is -3.51. The van der Waals surface area contributed by atoms with E-state index < -0.39 is 32.5 Å². The molecule has 3 fully saturated rings. The van der Waals surface area contributed by atoms with Gasteiger partial charge in [0.05, 0.1) is 28.9 Å². The number of hydrogen-bond acceptors (Lipinski definition) is 9. The summed E-state index contributed by atoms with van der Waals surface area (Å²) in [5.74, 6) is -0.0343. The number of aryl methyl sites for hydroxylation is 2. The molecule has 11 rings (SSSR count). The van der Waals surface area contributed by atoms with Gasteiger partial charge >= 0.3 is 11.4 Å². The molecular weight excluding hydrogens is 842 g/mol. The molecule has 2 aliphatic heterocycles. The molecule has 4 aromatic heterocycles. The first kappa shape index (κ1) is 40.3. The Labute approximate surface area is 366 Å². The maximum absolute atomic E-state index is 15.7. The molecular formula is C46H46FN9O7S. The van der Waals surface area contributed by atoms with Gasteiger partial charge in [0.2, 0.25) is 10.0 Å². The van der Waals surface area contributed by atoms with E-state index in [1.165, 1.54) is 14.7 Å².